The lowest BCUT2D eigenvalue weighted by molar-refractivity contribution is 0.222. The predicted molar refractivity (Wildman–Crippen MR) is 59.8 cm³/mol. The number of carbonyl (C=O) groups excluding carboxylic acids is 1. The molecule has 0 aliphatic carbocycles. The molecule has 0 saturated carbocycles. The van der Waals surface area contributed by atoms with Crippen molar-refractivity contribution >= 4 is 11.7 Å². The Kier molecular flexibility index (Phi) is 4.63. The Morgan fingerprint density at radius 2 is 2.07 bits per heavy atom. The molecule has 2 amide bonds. The van der Waals surface area contributed by atoms with Crippen molar-refractivity contribution in [2.24, 2.45) is 0 Å². The normalized spacial score (nSPS) is 11.9. The van der Waals surface area contributed by atoms with Crippen molar-refractivity contribution in [2.45, 2.75) is 19.4 Å². The van der Waals surface area contributed by atoms with E-state index in [0.29, 0.717) is 6.42 Å². The first kappa shape index (κ1) is 11.5. The largest absolute Gasteiger partial charge is 0.394 e. The quantitative estimate of drug-likeness (QED) is 0.703. The molecule has 15 heavy (non-hydrogen) atoms. The molecule has 0 radical (unpaired) electrons. The van der Waals surface area contributed by atoms with E-state index in [4.69, 9.17) is 5.11 Å². The van der Waals surface area contributed by atoms with E-state index in [1.165, 1.54) is 0 Å². The van der Waals surface area contributed by atoms with Crippen LogP contribution in [-0.4, -0.2) is 23.8 Å². The maximum atomic E-state index is 11.4. The van der Waals surface area contributed by atoms with Gasteiger partial charge in [0.25, 0.3) is 0 Å². The molecule has 0 unspecified atom stereocenters. The van der Waals surface area contributed by atoms with E-state index in [1.807, 2.05) is 25.1 Å². The van der Waals surface area contributed by atoms with Crippen LogP contribution in [0.5, 0.6) is 0 Å². The number of amides is 2. The van der Waals surface area contributed by atoms with Gasteiger partial charge in [0.05, 0.1) is 12.6 Å². The number of rotatable bonds is 4. The lowest BCUT2D eigenvalue weighted by Gasteiger charge is -2.14. The molecule has 1 atom stereocenters. The second-order valence-electron chi connectivity index (χ2n) is 3.25. The number of aliphatic hydroxyl groups excluding tert-OH is 1. The molecular formula is C11H16N2O2. The fraction of sp³-hybridized carbons (Fsp3) is 0.364. The molecule has 0 aliphatic rings. The molecule has 82 valence electrons. The molecule has 0 aromatic heterocycles. The summed E-state index contributed by atoms with van der Waals surface area (Å²) < 4.78 is 0. The molecular weight excluding hydrogens is 192 g/mol. The maximum absolute atomic E-state index is 11.4. The van der Waals surface area contributed by atoms with Gasteiger partial charge in [-0.1, -0.05) is 25.1 Å². The highest BCUT2D eigenvalue weighted by Gasteiger charge is 2.08. The minimum absolute atomic E-state index is 0.0429. The topological polar surface area (TPSA) is 61.4 Å². The zero-order valence-electron chi connectivity index (χ0n) is 8.73. The van der Waals surface area contributed by atoms with Gasteiger partial charge in [0, 0.05) is 5.69 Å². The van der Waals surface area contributed by atoms with Gasteiger partial charge in [-0.2, -0.15) is 0 Å². The average molecular weight is 208 g/mol. The summed E-state index contributed by atoms with van der Waals surface area (Å²) in [5.41, 5.74) is 0.739. The Balaban J connectivity index is 2.43. The number of carbonyl (C=O) groups is 1. The van der Waals surface area contributed by atoms with Gasteiger partial charge in [0.2, 0.25) is 0 Å². The molecule has 1 aromatic rings. The van der Waals surface area contributed by atoms with Gasteiger partial charge in [0.15, 0.2) is 0 Å². The summed E-state index contributed by atoms with van der Waals surface area (Å²) in [5.74, 6) is 0. The second kappa shape index (κ2) is 6.03. The van der Waals surface area contributed by atoms with Gasteiger partial charge in [-0.25, -0.2) is 4.79 Å². The van der Waals surface area contributed by atoms with Gasteiger partial charge in [-0.3, -0.25) is 0 Å². The Bertz CT molecular complexity index is 297. The third-order valence-electron chi connectivity index (χ3n) is 2.08. The fourth-order valence-electron chi connectivity index (χ4n) is 1.15. The van der Waals surface area contributed by atoms with E-state index >= 15 is 0 Å². The fourth-order valence-corrected chi connectivity index (χ4v) is 1.15. The van der Waals surface area contributed by atoms with E-state index in [2.05, 4.69) is 10.6 Å². The highest BCUT2D eigenvalue weighted by atomic mass is 16.3. The summed E-state index contributed by atoms with van der Waals surface area (Å²) in [5, 5.41) is 14.2. The average Bonchev–Trinajstić information content (AvgIpc) is 2.27. The zero-order valence-corrected chi connectivity index (χ0v) is 8.73. The first-order valence-corrected chi connectivity index (χ1v) is 4.99. The van der Waals surface area contributed by atoms with Gasteiger partial charge in [-0.15, -0.1) is 0 Å². The lowest BCUT2D eigenvalue weighted by Crippen LogP contribution is -2.39. The summed E-state index contributed by atoms with van der Waals surface area (Å²) >= 11 is 0. The van der Waals surface area contributed by atoms with E-state index < -0.39 is 0 Å². The van der Waals surface area contributed by atoms with E-state index in [1.54, 1.807) is 12.1 Å². The predicted octanol–water partition coefficient (Wildman–Crippen LogP) is 1.58. The molecule has 0 saturated heterocycles. The third-order valence-corrected chi connectivity index (χ3v) is 2.08. The Labute approximate surface area is 89.3 Å². The zero-order chi connectivity index (χ0) is 11.1. The molecule has 4 nitrogen and oxygen atoms in total. The number of benzene rings is 1. The number of aliphatic hydroxyl groups is 1. The Hall–Kier alpha value is -1.55. The minimum atomic E-state index is -0.290. The van der Waals surface area contributed by atoms with Crippen molar-refractivity contribution in [2.75, 3.05) is 11.9 Å². The first-order chi connectivity index (χ1) is 7.26. The number of nitrogens with one attached hydrogen (secondary N) is 2. The summed E-state index contributed by atoms with van der Waals surface area (Å²) in [6, 6.07) is 8.71. The van der Waals surface area contributed by atoms with Crippen molar-refractivity contribution in [3.8, 4) is 0 Å². The molecule has 3 N–H and O–H groups in total. The standard InChI is InChI=1S/C11H16N2O2/c1-2-9(8-14)12-11(15)13-10-6-4-3-5-7-10/h3-7,9,14H,2,8H2,1H3,(H2,12,13,15)/t9-/m1/s1. The molecule has 0 heterocycles. The Morgan fingerprint density at radius 1 is 1.40 bits per heavy atom. The third kappa shape index (κ3) is 3.99. The van der Waals surface area contributed by atoms with Crippen LogP contribution < -0.4 is 10.6 Å². The number of anilines is 1. The second-order valence-corrected chi connectivity index (χ2v) is 3.25. The molecule has 0 aliphatic heterocycles. The summed E-state index contributed by atoms with van der Waals surface area (Å²) in [6.07, 6.45) is 0.707. The molecule has 1 aromatic carbocycles. The summed E-state index contributed by atoms with van der Waals surface area (Å²) in [7, 11) is 0. The van der Waals surface area contributed by atoms with Crippen molar-refractivity contribution in [1.29, 1.82) is 0 Å². The van der Waals surface area contributed by atoms with Crippen LogP contribution >= 0.6 is 0 Å². The Morgan fingerprint density at radius 3 is 2.60 bits per heavy atom. The van der Waals surface area contributed by atoms with Crippen LogP contribution in [0.1, 0.15) is 13.3 Å². The minimum Gasteiger partial charge on any atom is -0.394 e. The van der Waals surface area contributed by atoms with Crippen LogP contribution in [0.25, 0.3) is 0 Å². The van der Waals surface area contributed by atoms with E-state index in [9.17, 15) is 4.79 Å². The van der Waals surface area contributed by atoms with E-state index in [-0.39, 0.29) is 18.7 Å². The maximum Gasteiger partial charge on any atom is 0.319 e. The van der Waals surface area contributed by atoms with Crippen LogP contribution in [0.4, 0.5) is 10.5 Å². The smallest absolute Gasteiger partial charge is 0.319 e. The highest BCUT2D eigenvalue weighted by Crippen LogP contribution is 2.04. The number of hydrogen-bond donors (Lipinski definition) is 3. The van der Waals surface area contributed by atoms with Crippen LogP contribution in [-0.2, 0) is 0 Å². The van der Waals surface area contributed by atoms with E-state index in [0.717, 1.165) is 5.69 Å². The molecule has 1 rings (SSSR count). The van der Waals surface area contributed by atoms with Gasteiger partial charge in [-0.05, 0) is 18.6 Å². The van der Waals surface area contributed by atoms with Crippen molar-refractivity contribution in [1.82, 2.24) is 5.32 Å². The SMILES string of the molecule is CC[C@H](CO)NC(=O)Nc1ccccc1. The number of para-hydroxylation sites is 1. The van der Waals surface area contributed by atoms with Crippen LogP contribution in [0.3, 0.4) is 0 Å². The van der Waals surface area contributed by atoms with Crippen molar-refractivity contribution < 1.29 is 9.90 Å². The first-order valence-electron chi connectivity index (χ1n) is 4.99. The van der Waals surface area contributed by atoms with Crippen molar-refractivity contribution in [3.63, 3.8) is 0 Å². The summed E-state index contributed by atoms with van der Waals surface area (Å²) in [6.45, 7) is 1.86. The van der Waals surface area contributed by atoms with Gasteiger partial charge in [0.1, 0.15) is 0 Å². The van der Waals surface area contributed by atoms with Crippen LogP contribution in [0.2, 0.25) is 0 Å². The van der Waals surface area contributed by atoms with Crippen molar-refractivity contribution in [3.05, 3.63) is 30.3 Å². The summed E-state index contributed by atoms with van der Waals surface area (Å²) in [4.78, 5) is 11.4. The van der Waals surface area contributed by atoms with Gasteiger partial charge < -0.3 is 15.7 Å². The number of urea groups is 1. The molecule has 4 heteroatoms. The molecule has 0 bridgehead atoms. The monoisotopic (exact) mass is 208 g/mol. The van der Waals surface area contributed by atoms with Gasteiger partial charge >= 0.3 is 6.03 Å². The van der Waals surface area contributed by atoms with Crippen LogP contribution in [0, 0.1) is 0 Å². The molecule has 0 spiro atoms. The van der Waals surface area contributed by atoms with Crippen LogP contribution in [0.15, 0.2) is 30.3 Å². The highest BCUT2D eigenvalue weighted by molar-refractivity contribution is 5.89. The number of hydrogen-bond acceptors (Lipinski definition) is 2. The molecule has 0 fully saturated rings. The lowest BCUT2D eigenvalue weighted by atomic mass is 10.2.